The molecule has 0 saturated carbocycles. The van der Waals surface area contributed by atoms with Crippen LogP contribution in [0, 0.1) is 12.7 Å². The Hall–Kier alpha value is -3.22. The van der Waals surface area contributed by atoms with Gasteiger partial charge in [-0.2, -0.15) is 0 Å². The molecule has 0 spiro atoms. The number of carboxylic acids is 1. The molecule has 2 N–H and O–H groups in total. The van der Waals surface area contributed by atoms with Crippen LogP contribution in [0.4, 0.5) is 15.8 Å². The lowest BCUT2D eigenvalue weighted by Crippen LogP contribution is -2.33. The first-order valence-corrected chi connectivity index (χ1v) is 9.71. The molecular formula is C23H25FN2O4. The Kier molecular flexibility index (Phi) is 5.65. The summed E-state index contributed by atoms with van der Waals surface area (Å²) in [5.41, 5.74) is 2.83. The third kappa shape index (κ3) is 4.06. The highest BCUT2D eigenvalue weighted by atomic mass is 19.1. The molecule has 2 amide bonds. The number of amides is 2. The van der Waals surface area contributed by atoms with Gasteiger partial charge in [0.2, 0.25) is 11.8 Å². The number of carboxylic acid groups (broad SMARTS) is 1. The van der Waals surface area contributed by atoms with Crippen LogP contribution in [0.5, 0.6) is 0 Å². The van der Waals surface area contributed by atoms with E-state index in [-0.39, 0.29) is 24.7 Å². The highest BCUT2D eigenvalue weighted by molar-refractivity contribution is 6.08. The van der Waals surface area contributed by atoms with Gasteiger partial charge in [-0.15, -0.1) is 0 Å². The Balaban J connectivity index is 1.83. The van der Waals surface area contributed by atoms with Crippen molar-refractivity contribution in [3.8, 4) is 0 Å². The lowest BCUT2D eigenvalue weighted by molar-refractivity contribution is -0.137. The summed E-state index contributed by atoms with van der Waals surface area (Å²) in [7, 11) is 1.73. The van der Waals surface area contributed by atoms with E-state index >= 15 is 0 Å². The van der Waals surface area contributed by atoms with Crippen molar-refractivity contribution >= 4 is 29.2 Å². The van der Waals surface area contributed by atoms with E-state index in [0.717, 1.165) is 16.8 Å². The molecule has 0 saturated heterocycles. The van der Waals surface area contributed by atoms with Crippen LogP contribution in [0.25, 0.3) is 0 Å². The van der Waals surface area contributed by atoms with E-state index in [9.17, 15) is 23.9 Å². The van der Waals surface area contributed by atoms with Gasteiger partial charge in [0.05, 0.1) is 17.5 Å². The fourth-order valence-electron chi connectivity index (χ4n) is 4.12. The number of carbonyl (C=O) groups is 3. The van der Waals surface area contributed by atoms with Crippen LogP contribution in [0.1, 0.15) is 49.3 Å². The van der Waals surface area contributed by atoms with Gasteiger partial charge in [0.15, 0.2) is 0 Å². The van der Waals surface area contributed by atoms with Crippen molar-refractivity contribution in [1.82, 2.24) is 0 Å². The summed E-state index contributed by atoms with van der Waals surface area (Å²) in [5.74, 6) is -2.59. The molecule has 0 aliphatic carbocycles. The Morgan fingerprint density at radius 1 is 1.20 bits per heavy atom. The zero-order chi connectivity index (χ0) is 22.2. The molecule has 3 rings (SSSR count). The van der Waals surface area contributed by atoms with Gasteiger partial charge in [-0.05, 0) is 61.7 Å². The van der Waals surface area contributed by atoms with Gasteiger partial charge < -0.3 is 15.3 Å². The number of anilines is 2. The molecule has 158 valence electrons. The topological polar surface area (TPSA) is 86.7 Å². The minimum absolute atomic E-state index is 0.0169. The molecule has 0 fully saturated rings. The van der Waals surface area contributed by atoms with Crippen molar-refractivity contribution in [2.75, 3.05) is 17.3 Å². The number of carbonyl (C=O) groups excluding carboxylic acids is 2. The first-order chi connectivity index (χ1) is 14.0. The zero-order valence-corrected chi connectivity index (χ0v) is 17.5. The predicted molar refractivity (Wildman–Crippen MR) is 112 cm³/mol. The Bertz CT molecular complexity index is 1030. The fourth-order valence-corrected chi connectivity index (χ4v) is 4.12. The second-order valence-electron chi connectivity index (χ2n) is 8.28. The first-order valence-electron chi connectivity index (χ1n) is 9.71. The van der Waals surface area contributed by atoms with Gasteiger partial charge in [0.1, 0.15) is 5.82 Å². The average molecular weight is 412 g/mol. The monoisotopic (exact) mass is 412 g/mol. The molecule has 1 atom stereocenters. The zero-order valence-electron chi connectivity index (χ0n) is 17.5. The summed E-state index contributed by atoms with van der Waals surface area (Å²) in [5, 5.41) is 12.0. The number of fused-ring (bicyclic) bond motifs is 1. The fraction of sp³-hybridized carbons (Fsp3) is 0.348. The standard InChI is InChI=1S/C23H25FN2O4/c1-13-8-17(12-18-21(13)26(4)22(30)23(18,2)3)25-19(27)10-15(11-20(28)29)14-6-5-7-16(24)9-14/h5-9,12,15H,10-11H2,1-4H3,(H,25,27)(H,28,29). The molecule has 2 aromatic rings. The maximum absolute atomic E-state index is 13.6. The number of halogens is 1. The molecule has 0 bridgehead atoms. The summed E-state index contributed by atoms with van der Waals surface area (Å²) in [6, 6.07) is 9.22. The molecule has 1 aliphatic heterocycles. The summed E-state index contributed by atoms with van der Waals surface area (Å²) in [6.45, 7) is 5.56. The Morgan fingerprint density at radius 2 is 1.90 bits per heavy atom. The minimum Gasteiger partial charge on any atom is -0.481 e. The highest BCUT2D eigenvalue weighted by Crippen LogP contribution is 2.44. The van der Waals surface area contributed by atoms with E-state index in [1.165, 1.54) is 18.2 Å². The maximum Gasteiger partial charge on any atom is 0.303 e. The maximum atomic E-state index is 13.6. The average Bonchev–Trinajstić information content (AvgIpc) is 2.81. The number of aryl methyl sites for hydroxylation is 1. The molecule has 1 unspecified atom stereocenters. The predicted octanol–water partition coefficient (Wildman–Crippen LogP) is 3.98. The van der Waals surface area contributed by atoms with Gasteiger partial charge in [-0.1, -0.05) is 12.1 Å². The quantitative estimate of drug-likeness (QED) is 0.752. The van der Waals surface area contributed by atoms with E-state index < -0.39 is 23.1 Å². The van der Waals surface area contributed by atoms with E-state index in [4.69, 9.17) is 0 Å². The van der Waals surface area contributed by atoms with Gasteiger partial charge in [-0.3, -0.25) is 14.4 Å². The van der Waals surface area contributed by atoms with Crippen molar-refractivity contribution in [1.29, 1.82) is 0 Å². The van der Waals surface area contributed by atoms with Crippen molar-refractivity contribution in [2.24, 2.45) is 0 Å². The SMILES string of the molecule is Cc1cc(NC(=O)CC(CC(=O)O)c2cccc(F)c2)cc2c1N(C)C(=O)C2(C)C. The highest BCUT2D eigenvalue weighted by Gasteiger charge is 2.43. The number of rotatable bonds is 6. The summed E-state index contributed by atoms with van der Waals surface area (Å²) in [6.07, 6.45) is -0.388. The molecule has 0 radical (unpaired) electrons. The number of hydrogen-bond acceptors (Lipinski definition) is 3. The molecular weight excluding hydrogens is 387 g/mol. The van der Waals surface area contributed by atoms with Crippen molar-refractivity contribution < 1.29 is 23.9 Å². The number of benzene rings is 2. The third-order valence-corrected chi connectivity index (χ3v) is 5.61. The summed E-state index contributed by atoms with van der Waals surface area (Å²) in [4.78, 5) is 38.1. The second-order valence-corrected chi connectivity index (χ2v) is 8.28. The molecule has 2 aromatic carbocycles. The third-order valence-electron chi connectivity index (χ3n) is 5.61. The lowest BCUT2D eigenvalue weighted by atomic mass is 9.85. The first kappa shape index (κ1) is 21.5. The van der Waals surface area contributed by atoms with E-state index in [1.54, 1.807) is 30.1 Å². The minimum atomic E-state index is -1.06. The van der Waals surface area contributed by atoms with Crippen LogP contribution in [0.2, 0.25) is 0 Å². The number of hydrogen-bond donors (Lipinski definition) is 2. The molecule has 0 aromatic heterocycles. The van der Waals surface area contributed by atoms with Crippen molar-refractivity contribution in [3.05, 3.63) is 58.9 Å². The second kappa shape index (κ2) is 7.89. The van der Waals surface area contributed by atoms with E-state index in [0.29, 0.717) is 11.3 Å². The lowest BCUT2D eigenvalue weighted by Gasteiger charge is -2.18. The number of likely N-dealkylation sites (N-methyl/N-ethyl adjacent to an activating group) is 1. The van der Waals surface area contributed by atoms with Gasteiger partial charge in [-0.25, -0.2) is 4.39 Å². The van der Waals surface area contributed by atoms with Gasteiger partial charge >= 0.3 is 5.97 Å². The molecule has 30 heavy (non-hydrogen) atoms. The van der Waals surface area contributed by atoms with E-state index in [2.05, 4.69) is 5.32 Å². The van der Waals surface area contributed by atoms with Gasteiger partial charge in [0, 0.05) is 25.1 Å². The number of nitrogens with zero attached hydrogens (tertiary/aromatic N) is 1. The molecule has 7 heteroatoms. The summed E-state index contributed by atoms with van der Waals surface area (Å²) >= 11 is 0. The summed E-state index contributed by atoms with van der Waals surface area (Å²) < 4.78 is 13.6. The largest absolute Gasteiger partial charge is 0.481 e. The molecule has 6 nitrogen and oxygen atoms in total. The molecule has 1 aliphatic rings. The Morgan fingerprint density at radius 3 is 2.53 bits per heavy atom. The van der Waals surface area contributed by atoms with Crippen LogP contribution < -0.4 is 10.2 Å². The smallest absolute Gasteiger partial charge is 0.303 e. The van der Waals surface area contributed by atoms with Crippen molar-refractivity contribution in [3.63, 3.8) is 0 Å². The number of nitrogens with one attached hydrogen (secondary N) is 1. The van der Waals surface area contributed by atoms with E-state index in [1.807, 2.05) is 20.8 Å². The van der Waals surface area contributed by atoms with Crippen molar-refractivity contribution in [2.45, 2.75) is 44.9 Å². The van der Waals surface area contributed by atoms with Crippen LogP contribution in [0.15, 0.2) is 36.4 Å². The number of aliphatic carboxylic acids is 1. The van der Waals surface area contributed by atoms with Crippen LogP contribution in [0.3, 0.4) is 0 Å². The molecule has 1 heterocycles. The Labute approximate surface area is 174 Å². The van der Waals surface area contributed by atoms with Crippen LogP contribution >= 0.6 is 0 Å². The normalized spacial score (nSPS) is 15.6. The van der Waals surface area contributed by atoms with Crippen LogP contribution in [-0.2, 0) is 19.8 Å². The van der Waals surface area contributed by atoms with Crippen LogP contribution in [-0.4, -0.2) is 29.9 Å². The van der Waals surface area contributed by atoms with Gasteiger partial charge in [0.25, 0.3) is 0 Å².